The molecule has 0 aliphatic carbocycles. The molecule has 0 aliphatic rings. The predicted molar refractivity (Wildman–Crippen MR) is 121 cm³/mol. The van der Waals surface area contributed by atoms with Crippen molar-refractivity contribution in [3.8, 4) is 0 Å². The zero-order valence-electron chi connectivity index (χ0n) is 18.2. The summed E-state index contributed by atoms with van der Waals surface area (Å²) >= 11 is 0. The van der Waals surface area contributed by atoms with Crippen LogP contribution in [0.4, 0.5) is 22.0 Å². The number of hydrogen-bond acceptors (Lipinski definition) is 1. The first-order chi connectivity index (χ1) is 14.3. The van der Waals surface area contributed by atoms with Crippen molar-refractivity contribution in [1.29, 1.82) is 0 Å². The summed E-state index contributed by atoms with van der Waals surface area (Å²) in [6.07, 6.45) is -4.16. The maximum atomic E-state index is 13.9. The molecule has 1 unspecified atom stereocenters. The summed E-state index contributed by atoms with van der Waals surface area (Å²) in [5.41, 5.74) is -1.79. The van der Waals surface area contributed by atoms with E-state index in [2.05, 4.69) is 19.2 Å². The number of nitrogens with one attached hydrogen (secondary N) is 1. The van der Waals surface area contributed by atoms with Gasteiger partial charge in [0, 0.05) is 5.56 Å². The Morgan fingerprint density at radius 1 is 1.00 bits per heavy atom. The first-order valence-corrected chi connectivity index (χ1v) is 10.7. The molecule has 170 valence electrons. The van der Waals surface area contributed by atoms with Gasteiger partial charge in [0.2, 0.25) is 0 Å². The summed E-state index contributed by atoms with van der Waals surface area (Å²) < 4.78 is 68.2. The Bertz CT molecular complexity index is 894. The van der Waals surface area contributed by atoms with Gasteiger partial charge < -0.3 is 5.32 Å². The number of allylic oxidation sites excluding steroid dienone is 1. The van der Waals surface area contributed by atoms with Gasteiger partial charge in [0.05, 0.1) is 5.56 Å². The zero-order valence-corrected chi connectivity index (χ0v) is 19.4. The summed E-state index contributed by atoms with van der Waals surface area (Å²) in [6, 6.07) is 10.2. The normalized spacial score (nSPS) is 13.5. The van der Waals surface area contributed by atoms with Crippen molar-refractivity contribution in [1.82, 2.24) is 5.32 Å². The molecule has 2 aromatic rings. The SMILES string of the molecule is C/C(=C(/CCNCC(C)C)c1ccccc1C)c1cc(C(F)(F)F)cc(C(F)(F)P)c1. The molecule has 0 bridgehead atoms. The minimum absolute atomic E-state index is 0.147. The standard InChI is InChI=1S/C24H29F5NP/c1-15(2)14-30-10-9-22(21-8-6-5-7-16(21)3)17(4)18-11-19(23(25,26)27)13-20(12-18)24(28,29)31/h5-8,11-13,15,30H,9-10,14,31H2,1-4H3/b22-17+. The average Bonchev–Trinajstić information content (AvgIpc) is 2.66. The molecule has 1 atom stereocenters. The molecule has 0 aliphatic heterocycles. The Balaban J connectivity index is 2.63. The summed E-state index contributed by atoms with van der Waals surface area (Å²) in [5, 5.41) is 3.34. The summed E-state index contributed by atoms with van der Waals surface area (Å²) in [4.78, 5) is 0. The van der Waals surface area contributed by atoms with Gasteiger partial charge in [-0.3, -0.25) is 0 Å². The third kappa shape index (κ3) is 7.11. The molecule has 0 fully saturated rings. The Morgan fingerprint density at radius 2 is 1.61 bits per heavy atom. The van der Waals surface area contributed by atoms with E-state index in [-0.39, 0.29) is 5.56 Å². The van der Waals surface area contributed by atoms with Crippen LogP contribution < -0.4 is 5.32 Å². The molecular weight excluding hydrogens is 428 g/mol. The first-order valence-electron chi connectivity index (χ1n) is 10.2. The van der Waals surface area contributed by atoms with Crippen LogP contribution in [-0.4, -0.2) is 13.1 Å². The van der Waals surface area contributed by atoms with Gasteiger partial charge in [-0.05, 0) is 85.3 Å². The lowest BCUT2D eigenvalue weighted by Crippen LogP contribution is -2.21. The Hall–Kier alpha value is -1.78. The number of halogens is 5. The van der Waals surface area contributed by atoms with Gasteiger partial charge >= 0.3 is 6.18 Å². The second kappa shape index (κ2) is 10.2. The van der Waals surface area contributed by atoms with Crippen LogP contribution in [0.15, 0.2) is 42.5 Å². The van der Waals surface area contributed by atoms with Gasteiger partial charge in [0.1, 0.15) is 0 Å². The van der Waals surface area contributed by atoms with Crippen molar-refractivity contribution < 1.29 is 22.0 Å². The van der Waals surface area contributed by atoms with Gasteiger partial charge in [0.25, 0.3) is 5.66 Å². The highest BCUT2D eigenvalue weighted by molar-refractivity contribution is 7.17. The van der Waals surface area contributed by atoms with E-state index in [1.165, 1.54) is 9.24 Å². The molecule has 7 heteroatoms. The maximum absolute atomic E-state index is 13.9. The number of alkyl halides is 5. The smallest absolute Gasteiger partial charge is 0.316 e. The van der Waals surface area contributed by atoms with E-state index in [1.54, 1.807) is 6.92 Å². The van der Waals surface area contributed by atoms with Crippen LogP contribution in [0.2, 0.25) is 0 Å². The lowest BCUT2D eigenvalue weighted by Gasteiger charge is -2.20. The van der Waals surface area contributed by atoms with Crippen molar-refractivity contribution in [3.05, 3.63) is 70.3 Å². The van der Waals surface area contributed by atoms with Crippen molar-refractivity contribution in [2.75, 3.05) is 13.1 Å². The van der Waals surface area contributed by atoms with Crippen molar-refractivity contribution in [2.24, 2.45) is 5.92 Å². The van der Waals surface area contributed by atoms with E-state index in [0.29, 0.717) is 30.5 Å². The first kappa shape index (κ1) is 25.5. The van der Waals surface area contributed by atoms with Gasteiger partial charge in [0.15, 0.2) is 0 Å². The lowest BCUT2D eigenvalue weighted by molar-refractivity contribution is -0.137. The van der Waals surface area contributed by atoms with Crippen LogP contribution in [0.5, 0.6) is 0 Å². The Morgan fingerprint density at radius 3 is 2.16 bits per heavy atom. The molecule has 0 spiro atoms. The fourth-order valence-corrected chi connectivity index (χ4v) is 3.58. The van der Waals surface area contributed by atoms with E-state index >= 15 is 0 Å². The molecule has 31 heavy (non-hydrogen) atoms. The number of rotatable bonds is 8. The monoisotopic (exact) mass is 457 g/mol. The highest BCUT2D eigenvalue weighted by Crippen LogP contribution is 2.41. The van der Waals surface area contributed by atoms with Crippen molar-refractivity contribution in [3.63, 3.8) is 0 Å². The van der Waals surface area contributed by atoms with Crippen LogP contribution in [0.3, 0.4) is 0 Å². The van der Waals surface area contributed by atoms with E-state index in [0.717, 1.165) is 35.4 Å². The van der Waals surface area contributed by atoms with Crippen LogP contribution in [0.1, 0.15) is 55.0 Å². The van der Waals surface area contributed by atoms with E-state index in [4.69, 9.17) is 0 Å². The van der Waals surface area contributed by atoms with Crippen LogP contribution >= 0.6 is 9.24 Å². The number of aryl methyl sites for hydroxylation is 1. The minimum Gasteiger partial charge on any atom is -0.316 e. The van der Waals surface area contributed by atoms with Gasteiger partial charge in [-0.15, -0.1) is 0 Å². The molecule has 0 amide bonds. The topological polar surface area (TPSA) is 12.0 Å². The predicted octanol–water partition coefficient (Wildman–Crippen LogP) is 7.50. The number of hydrogen-bond donors (Lipinski definition) is 1. The van der Waals surface area contributed by atoms with Crippen molar-refractivity contribution in [2.45, 2.75) is 46.0 Å². The van der Waals surface area contributed by atoms with Crippen LogP contribution in [0, 0.1) is 12.8 Å². The molecule has 2 aromatic carbocycles. The fraction of sp³-hybridized carbons (Fsp3) is 0.417. The molecule has 0 saturated carbocycles. The molecular formula is C24H29F5NP. The number of benzene rings is 2. The molecule has 2 rings (SSSR count). The van der Waals surface area contributed by atoms with Gasteiger partial charge in [-0.2, -0.15) is 22.0 Å². The fourth-order valence-electron chi connectivity index (χ4n) is 3.41. The Kier molecular flexibility index (Phi) is 8.40. The molecule has 0 aromatic heterocycles. The second-order valence-electron chi connectivity index (χ2n) is 8.19. The highest BCUT2D eigenvalue weighted by Gasteiger charge is 2.34. The van der Waals surface area contributed by atoms with Crippen LogP contribution in [0.25, 0.3) is 11.1 Å². The zero-order chi connectivity index (χ0) is 23.4. The average molecular weight is 457 g/mol. The van der Waals surface area contributed by atoms with Crippen molar-refractivity contribution >= 4 is 20.4 Å². The molecule has 1 nitrogen and oxygen atoms in total. The molecule has 0 heterocycles. The summed E-state index contributed by atoms with van der Waals surface area (Å²) in [5.74, 6) is 0.460. The molecule has 0 radical (unpaired) electrons. The van der Waals surface area contributed by atoms with Gasteiger partial charge in [-0.1, -0.05) is 47.4 Å². The quantitative estimate of drug-likeness (QED) is 0.187. The van der Waals surface area contributed by atoms with E-state index in [1.807, 2.05) is 31.2 Å². The molecule has 1 N–H and O–H groups in total. The summed E-state index contributed by atoms with van der Waals surface area (Å²) in [7, 11) is 1.32. The third-order valence-corrected chi connectivity index (χ3v) is 5.44. The summed E-state index contributed by atoms with van der Waals surface area (Å²) in [6.45, 7) is 9.24. The van der Waals surface area contributed by atoms with Crippen LogP contribution in [-0.2, 0) is 11.8 Å². The minimum atomic E-state index is -4.72. The van der Waals surface area contributed by atoms with Gasteiger partial charge in [-0.25, -0.2) is 0 Å². The van der Waals surface area contributed by atoms with E-state index < -0.39 is 23.0 Å². The third-order valence-electron chi connectivity index (χ3n) is 5.11. The largest absolute Gasteiger partial charge is 0.416 e. The molecule has 0 saturated heterocycles. The maximum Gasteiger partial charge on any atom is 0.416 e. The Labute approximate surface area is 183 Å². The second-order valence-corrected chi connectivity index (χ2v) is 8.91. The van der Waals surface area contributed by atoms with E-state index in [9.17, 15) is 22.0 Å². The lowest BCUT2D eigenvalue weighted by atomic mass is 9.89. The highest BCUT2D eigenvalue weighted by atomic mass is 31.0.